The number of amides is 2. The van der Waals surface area contributed by atoms with Crippen LogP contribution in [0.4, 0.5) is 5.69 Å². The summed E-state index contributed by atoms with van der Waals surface area (Å²) in [5, 5.41) is 3.51. The SMILES string of the molecule is CC[C@H](C)NC(=O)[C@@H](Cc1ccccc1)N(Cc1cccc(Cl)c1)C(=O)CN(c1ccccc1)S(C)(=O)=O. The van der Waals surface area contributed by atoms with E-state index in [1.54, 1.807) is 48.5 Å². The number of sulfonamides is 1. The van der Waals surface area contributed by atoms with Crippen molar-refractivity contribution in [2.75, 3.05) is 17.1 Å². The van der Waals surface area contributed by atoms with Crippen molar-refractivity contribution in [3.05, 3.63) is 101 Å². The second kappa shape index (κ2) is 13.4. The van der Waals surface area contributed by atoms with Gasteiger partial charge in [-0.3, -0.25) is 13.9 Å². The zero-order chi connectivity index (χ0) is 27.7. The predicted octanol–water partition coefficient (Wildman–Crippen LogP) is 4.66. The van der Waals surface area contributed by atoms with Gasteiger partial charge in [-0.2, -0.15) is 0 Å². The zero-order valence-electron chi connectivity index (χ0n) is 21.9. The van der Waals surface area contributed by atoms with Crippen LogP contribution in [0.1, 0.15) is 31.4 Å². The first-order valence-electron chi connectivity index (χ1n) is 12.5. The predicted molar refractivity (Wildman–Crippen MR) is 152 cm³/mol. The van der Waals surface area contributed by atoms with Crippen molar-refractivity contribution in [3.63, 3.8) is 0 Å². The zero-order valence-corrected chi connectivity index (χ0v) is 23.5. The molecule has 0 saturated carbocycles. The van der Waals surface area contributed by atoms with E-state index >= 15 is 0 Å². The number of halogens is 1. The number of nitrogens with one attached hydrogen (secondary N) is 1. The fourth-order valence-electron chi connectivity index (χ4n) is 4.04. The van der Waals surface area contributed by atoms with E-state index in [-0.39, 0.29) is 24.9 Å². The van der Waals surface area contributed by atoms with E-state index in [0.717, 1.165) is 28.1 Å². The molecule has 3 rings (SSSR count). The van der Waals surface area contributed by atoms with E-state index in [4.69, 9.17) is 11.6 Å². The first kappa shape index (κ1) is 29.2. The van der Waals surface area contributed by atoms with Crippen molar-refractivity contribution in [2.45, 2.75) is 45.3 Å². The molecular weight excluding hydrogens is 522 g/mol. The molecule has 0 radical (unpaired) electrons. The van der Waals surface area contributed by atoms with Gasteiger partial charge >= 0.3 is 0 Å². The summed E-state index contributed by atoms with van der Waals surface area (Å²) in [4.78, 5) is 29.0. The number of carbonyl (C=O) groups excluding carboxylic acids is 2. The summed E-state index contributed by atoms with van der Waals surface area (Å²) in [7, 11) is -3.79. The first-order chi connectivity index (χ1) is 18.1. The van der Waals surface area contributed by atoms with Gasteiger partial charge in [0.25, 0.3) is 0 Å². The molecule has 0 saturated heterocycles. The van der Waals surface area contributed by atoms with Gasteiger partial charge in [-0.1, -0.05) is 79.2 Å². The Bertz CT molecular complexity index is 1320. The highest BCUT2D eigenvalue weighted by Crippen LogP contribution is 2.21. The fourth-order valence-corrected chi connectivity index (χ4v) is 5.10. The normalized spacial score (nSPS) is 12.8. The molecule has 1 N–H and O–H groups in total. The molecule has 0 aromatic heterocycles. The Morgan fingerprint density at radius 3 is 2.11 bits per heavy atom. The number of hydrogen-bond acceptors (Lipinski definition) is 4. The summed E-state index contributed by atoms with van der Waals surface area (Å²) >= 11 is 6.22. The number of anilines is 1. The van der Waals surface area contributed by atoms with Gasteiger partial charge in [-0.15, -0.1) is 0 Å². The quantitative estimate of drug-likeness (QED) is 0.352. The van der Waals surface area contributed by atoms with Crippen LogP contribution in [-0.2, 0) is 32.6 Å². The van der Waals surface area contributed by atoms with Crippen LogP contribution >= 0.6 is 11.6 Å². The lowest BCUT2D eigenvalue weighted by molar-refractivity contribution is -0.140. The number of carbonyl (C=O) groups is 2. The third-order valence-corrected chi connectivity index (χ3v) is 7.61. The van der Waals surface area contributed by atoms with Crippen LogP contribution in [0, 0.1) is 0 Å². The number of benzene rings is 3. The average molecular weight is 556 g/mol. The highest BCUT2D eigenvalue weighted by atomic mass is 35.5. The minimum Gasteiger partial charge on any atom is -0.352 e. The topological polar surface area (TPSA) is 86.8 Å². The van der Waals surface area contributed by atoms with Gasteiger partial charge < -0.3 is 10.2 Å². The molecule has 2 amide bonds. The molecule has 0 spiro atoms. The van der Waals surface area contributed by atoms with Crippen LogP contribution in [0.5, 0.6) is 0 Å². The average Bonchev–Trinajstić information content (AvgIpc) is 2.89. The van der Waals surface area contributed by atoms with Crippen molar-refractivity contribution >= 4 is 39.1 Å². The Labute approximate surface area is 230 Å². The third kappa shape index (κ3) is 8.33. The van der Waals surface area contributed by atoms with Crippen LogP contribution in [0.25, 0.3) is 0 Å². The molecule has 9 heteroatoms. The summed E-state index contributed by atoms with van der Waals surface area (Å²) in [6, 6.07) is 24.0. The van der Waals surface area contributed by atoms with E-state index in [1.165, 1.54) is 4.90 Å². The molecule has 0 fully saturated rings. The summed E-state index contributed by atoms with van der Waals surface area (Å²) in [5.41, 5.74) is 1.98. The molecule has 3 aromatic carbocycles. The minimum absolute atomic E-state index is 0.0806. The van der Waals surface area contributed by atoms with Crippen LogP contribution in [-0.4, -0.2) is 50.0 Å². The largest absolute Gasteiger partial charge is 0.352 e. The van der Waals surface area contributed by atoms with Gasteiger partial charge in [0, 0.05) is 24.0 Å². The third-order valence-electron chi connectivity index (χ3n) is 6.24. The van der Waals surface area contributed by atoms with E-state index in [0.29, 0.717) is 10.7 Å². The Morgan fingerprint density at radius 2 is 1.53 bits per heavy atom. The summed E-state index contributed by atoms with van der Waals surface area (Å²) in [6.07, 6.45) is 2.05. The lowest BCUT2D eigenvalue weighted by atomic mass is 10.0. The van der Waals surface area contributed by atoms with Gasteiger partial charge in [-0.25, -0.2) is 8.42 Å². The number of nitrogens with zero attached hydrogens (tertiary/aromatic N) is 2. The van der Waals surface area contributed by atoms with Crippen LogP contribution in [0.3, 0.4) is 0 Å². The molecule has 38 heavy (non-hydrogen) atoms. The fraction of sp³-hybridized carbons (Fsp3) is 0.310. The molecule has 0 aliphatic carbocycles. The summed E-state index contributed by atoms with van der Waals surface area (Å²) < 4.78 is 26.5. The van der Waals surface area contributed by atoms with Crippen LogP contribution < -0.4 is 9.62 Å². The Hall–Kier alpha value is -3.36. The lowest BCUT2D eigenvalue weighted by Crippen LogP contribution is -2.54. The van der Waals surface area contributed by atoms with Crippen LogP contribution in [0.15, 0.2) is 84.9 Å². The molecular formula is C29H34ClN3O4S. The molecule has 3 aromatic rings. The maximum absolute atomic E-state index is 14.0. The van der Waals surface area contributed by atoms with Gasteiger partial charge in [0.2, 0.25) is 21.8 Å². The number of hydrogen-bond donors (Lipinski definition) is 1. The second-order valence-corrected chi connectivity index (χ2v) is 11.6. The van der Waals surface area contributed by atoms with Crippen molar-refractivity contribution in [2.24, 2.45) is 0 Å². The first-order valence-corrected chi connectivity index (χ1v) is 14.7. The van der Waals surface area contributed by atoms with E-state index < -0.39 is 28.5 Å². The minimum atomic E-state index is -3.79. The van der Waals surface area contributed by atoms with Crippen molar-refractivity contribution in [1.82, 2.24) is 10.2 Å². The van der Waals surface area contributed by atoms with Crippen LogP contribution in [0.2, 0.25) is 5.02 Å². The number of rotatable bonds is 12. The Morgan fingerprint density at radius 1 is 0.921 bits per heavy atom. The number of para-hydroxylation sites is 1. The Kier molecular flexibility index (Phi) is 10.3. The van der Waals surface area contributed by atoms with E-state index in [9.17, 15) is 18.0 Å². The van der Waals surface area contributed by atoms with Gasteiger partial charge in [0.1, 0.15) is 12.6 Å². The smallest absolute Gasteiger partial charge is 0.244 e. The van der Waals surface area contributed by atoms with E-state index in [2.05, 4.69) is 5.32 Å². The van der Waals surface area contributed by atoms with Gasteiger partial charge in [0.05, 0.1) is 11.9 Å². The second-order valence-electron chi connectivity index (χ2n) is 9.28. The van der Waals surface area contributed by atoms with Gasteiger partial charge in [-0.05, 0) is 48.7 Å². The highest BCUT2D eigenvalue weighted by Gasteiger charge is 2.33. The van der Waals surface area contributed by atoms with Crippen molar-refractivity contribution in [1.29, 1.82) is 0 Å². The maximum Gasteiger partial charge on any atom is 0.244 e. The molecule has 0 bridgehead atoms. The lowest BCUT2D eigenvalue weighted by Gasteiger charge is -2.34. The monoisotopic (exact) mass is 555 g/mol. The molecule has 0 unspecified atom stereocenters. The standard InChI is InChI=1S/C29H34ClN3O4S/c1-4-22(2)31-29(35)27(19-23-12-7-5-8-13-23)32(20-24-14-11-15-25(30)18-24)28(34)21-33(38(3,36)37)26-16-9-6-10-17-26/h5-18,22,27H,4,19-21H2,1-3H3,(H,31,35)/t22-,27+/m0/s1. The van der Waals surface area contributed by atoms with E-state index in [1.807, 2.05) is 50.2 Å². The molecule has 7 nitrogen and oxygen atoms in total. The van der Waals surface area contributed by atoms with Gasteiger partial charge in [0.15, 0.2) is 0 Å². The van der Waals surface area contributed by atoms with Crippen molar-refractivity contribution < 1.29 is 18.0 Å². The molecule has 2 atom stereocenters. The molecule has 202 valence electrons. The van der Waals surface area contributed by atoms with Crippen molar-refractivity contribution in [3.8, 4) is 0 Å². The highest BCUT2D eigenvalue weighted by molar-refractivity contribution is 7.92. The maximum atomic E-state index is 14.0. The summed E-state index contributed by atoms with van der Waals surface area (Å²) in [5.74, 6) is -0.802. The molecule has 0 heterocycles. The molecule has 0 aliphatic heterocycles. The molecule has 0 aliphatic rings. The summed E-state index contributed by atoms with van der Waals surface area (Å²) in [6.45, 7) is 3.50. The Balaban J connectivity index is 2.04.